The Morgan fingerprint density at radius 1 is 1.44 bits per heavy atom. The SMILES string of the molecule is O=C(O)C1(NS(=O)(=O)CCC2CCC2)CCSC1. The number of sulfonamides is 1. The number of carboxylic acids is 1. The molecule has 1 heterocycles. The van der Waals surface area contributed by atoms with Gasteiger partial charge in [0.1, 0.15) is 5.54 Å². The van der Waals surface area contributed by atoms with Crippen LogP contribution in [0.25, 0.3) is 0 Å². The summed E-state index contributed by atoms with van der Waals surface area (Å²) in [4.78, 5) is 11.3. The van der Waals surface area contributed by atoms with E-state index in [1.54, 1.807) is 0 Å². The fraction of sp³-hybridized carbons (Fsp3) is 0.909. The van der Waals surface area contributed by atoms with E-state index >= 15 is 0 Å². The largest absolute Gasteiger partial charge is 0.480 e. The standard InChI is InChI=1S/C11H19NO4S2/c13-10(14)11(5-6-17-8-11)12-18(15,16)7-4-9-2-1-3-9/h9,12H,1-8H2,(H,13,14). The van der Waals surface area contributed by atoms with Crippen LogP contribution in [0.5, 0.6) is 0 Å². The fourth-order valence-electron chi connectivity index (χ4n) is 2.31. The third kappa shape index (κ3) is 3.19. The summed E-state index contributed by atoms with van der Waals surface area (Å²) in [5.41, 5.74) is -1.27. The number of hydrogen-bond acceptors (Lipinski definition) is 4. The molecule has 0 aromatic heterocycles. The maximum absolute atomic E-state index is 12.0. The summed E-state index contributed by atoms with van der Waals surface area (Å²) in [6.07, 6.45) is 4.42. The van der Waals surface area contributed by atoms with Crippen LogP contribution in [0, 0.1) is 5.92 Å². The second kappa shape index (κ2) is 5.38. The Kier molecular flexibility index (Phi) is 4.23. The minimum Gasteiger partial charge on any atom is -0.480 e. The highest BCUT2D eigenvalue weighted by molar-refractivity contribution is 7.99. The first-order valence-corrected chi connectivity index (χ1v) is 9.07. The van der Waals surface area contributed by atoms with E-state index in [9.17, 15) is 18.3 Å². The van der Waals surface area contributed by atoms with E-state index in [-0.39, 0.29) is 5.75 Å². The smallest absolute Gasteiger partial charge is 0.325 e. The zero-order valence-electron chi connectivity index (χ0n) is 10.2. The molecule has 2 aliphatic rings. The topological polar surface area (TPSA) is 83.5 Å². The van der Waals surface area contributed by atoms with E-state index in [1.807, 2.05) is 0 Å². The first kappa shape index (κ1) is 14.1. The lowest BCUT2D eigenvalue weighted by atomic mass is 9.84. The highest BCUT2D eigenvalue weighted by Crippen LogP contribution is 2.31. The maximum atomic E-state index is 12.0. The van der Waals surface area contributed by atoms with Gasteiger partial charge in [0, 0.05) is 5.75 Å². The molecule has 1 saturated heterocycles. The Labute approximate surface area is 112 Å². The molecule has 0 bridgehead atoms. The highest BCUT2D eigenvalue weighted by atomic mass is 32.2. The zero-order chi connectivity index (χ0) is 13.2. The minimum absolute atomic E-state index is 0.0529. The summed E-state index contributed by atoms with van der Waals surface area (Å²) in [6, 6.07) is 0. The molecule has 1 aliphatic heterocycles. The number of carboxylic acid groups (broad SMARTS) is 1. The lowest BCUT2D eigenvalue weighted by molar-refractivity contribution is -0.142. The van der Waals surface area contributed by atoms with E-state index in [0.29, 0.717) is 30.3 Å². The Bertz CT molecular complexity index is 411. The van der Waals surface area contributed by atoms with Crippen molar-refractivity contribution in [1.82, 2.24) is 4.72 Å². The monoisotopic (exact) mass is 293 g/mol. The molecule has 0 aromatic carbocycles. The van der Waals surface area contributed by atoms with Crippen LogP contribution in [0.15, 0.2) is 0 Å². The second-order valence-electron chi connectivity index (χ2n) is 5.20. The first-order chi connectivity index (χ1) is 8.44. The van der Waals surface area contributed by atoms with Crippen molar-refractivity contribution in [3.05, 3.63) is 0 Å². The molecule has 7 heteroatoms. The highest BCUT2D eigenvalue weighted by Gasteiger charge is 2.45. The molecular formula is C11H19NO4S2. The van der Waals surface area contributed by atoms with Crippen LogP contribution in [0.3, 0.4) is 0 Å². The van der Waals surface area contributed by atoms with Gasteiger partial charge in [-0.3, -0.25) is 4.79 Å². The predicted octanol–water partition coefficient (Wildman–Crippen LogP) is 1.06. The average molecular weight is 293 g/mol. The molecule has 0 aromatic rings. The molecule has 18 heavy (non-hydrogen) atoms. The number of aliphatic carboxylic acids is 1. The summed E-state index contributed by atoms with van der Waals surface area (Å²) in [5.74, 6) is 0.528. The van der Waals surface area contributed by atoms with Crippen LogP contribution in [0.2, 0.25) is 0 Å². The molecule has 5 nitrogen and oxygen atoms in total. The van der Waals surface area contributed by atoms with Gasteiger partial charge in [0.25, 0.3) is 0 Å². The molecule has 0 amide bonds. The van der Waals surface area contributed by atoms with Gasteiger partial charge in [-0.1, -0.05) is 19.3 Å². The lowest BCUT2D eigenvalue weighted by Gasteiger charge is -2.27. The van der Waals surface area contributed by atoms with Crippen LogP contribution in [-0.2, 0) is 14.8 Å². The van der Waals surface area contributed by atoms with Gasteiger partial charge in [-0.05, 0) is 24.5 Å². The van der Waals surface area contributed by atoms with Crippen molar-refractivity contribution in [3.8, 4) is 0 Å². The molecule has 2 rings (SSSR count). The van der Waals surface area contributed by atoms with Gasteiger partial charge in [0.15, 0.2) is 0 Å². The molecule has 2 N–H and O–H groups in total. The van der Waals surface area contributed by atoms with Gasteiger partial charge in [0.2, 0.25) is 10.0 Å². The lowest BCUT2D eigenvalue weighted by Crippen LogP contribution is -2.55. The molecule has 104 valence electrons. The quantitative estimate of drug-likeness (QED) is 0.765. The molecule has 1 atom stereocenters. The third-order valence-electron chi connectivity index (χ3n) is 3.80. The van der Waals surface area contributed by atoms with E-state index in [2.05, 4.69) is 4.72 Å². The Morgan fingerprint density at radius 2 is 2.17 bits per heavy atom. The normalized spacial score (nSPS) is 29.1. The average Bonchev–Trinajstić information content (AvgIpc) is 2.64. The fourth-order valence-corrected chi connectivity index (χ4v) is 5.33. The van der Waals surface area contributed by atoms with Crippen LogP contribution in [0.1, 0.15) is 32.1 Å². The molecule has 0 spiro atoms. The van der Waals surface area contributed by atoms with Crippen molar-refractivity contribution in [3.63, 3.8) is 0 Å². The summed E-state index contributed by atoms with van der Waals surface area (Å²) in [6.45, 7) is 0. The van der Waals surface area contributed by atoms with Crippen LogP contribution in [0.4, 0.5) is 0 Å². The number of rotatable bonds is 6. The minimum atomic E-state index is -3.48. The number of hydrogen-bond donors (Lipinski definition) is 2. The van der Waals surface area contributed by atoms with Gasteiger partial charge in [-0.25, -0.2) is 8.42 Å². The predicted molar refractivity (Wildman–Crippen MR) is 71.2 cm³/mol. The van der Waals surface area contributed by atoms with E-state index in [1.165, 1.54) is 18.2 Å². The first-order valence-electron chi connectivity index (χ1n) is 6.26. The Hall–Kier alpha value is -0.270. The van der Waals surface area contributed by atoms with Crippen LogP contribution in [-0.4, -0.2) is 42.3 Å². The van der Waals surface area contributed by atoms with Crippen molar-refractivity contribution in [2.45, 2.75) is 37.6 Å². The van der Waals surface area contributed by atoms with Crippen molar-refractivity contribution < 1.29 is 18.3 Å². The van der Waals surface area contributed by atoms with Crippen molar-refractivity contribution in [2.24, 2.45) is 5.92 Å². The second-order valence-corrected chi connectivity index (χ2v) is 8.14. The van der Waals surface area contributed by atoms with Crippen molar-refractivity contribution >= 4 is 27.8 Å². The van der Waals surface area contributed by atoms with Gasteiger partial charge < -0.3 is 5.11 Å². The van der Waals surface area contributed by atoms with Gasteiger partial charge in [-0.15, -0.1) is 0 Å². The van der Waals surface area contributed by atoms with Crippen LogP contribution >= 0.6 is 11.8 Å². The van der Waals surface area contributed by atoms with Crippen molar-refractivity contribution in [1.29, 1.82) is 0 Å². The molecule has 2 fully saturated rings. The van der Waals surface area contributed by atoms with E-state index in [4.69, 9.17) is 0 Å². The van der Waals surface area contributed by atoms with Gasteiger partial charge in [0.05, 0.1) is 5.75 Å². The summed E-state index contributed by atoms with van der Waals surface area (Å²) in [7, 11) is -3.48. The van der Waals surface area contributed by atoms with E-state index in [0.717, 1.165) is 12.8 Å². The molecule has 0 radical (unpaired) electrons. The molecule has 1 saturated carbocycles. The van der Waals surface area contributed by atoms with Gasteiger partial charge >= 0.3 is 5.97 Å². The number of carbonyl (C=O) groups is 1. The zero-order valence-corrected chi connectivity index (χ0v) is 11.9. The van der Waals surface area contributed by atoms with Crippen molar-refractivity contribution in [2.75, 3.05) is 17.3 Å². The molecular weight excluding hydrogens is 274 g/mol. The summed E-state index contributed by atoms with van der Waals surface area (Å²) >= 11 is 1.48. The third-order valence-corrected chi connectivity index (χ3v) is 6.47. The number of thioether (sulfide) groups is 1. The summed E-state index contributed by atoms with van der Waals surface area (Å²) in [5, 5.41) is 9.22. The van der Waals surface area contributed by atoms with Crippen LogP contribution < -0.4 is 4.72 Å². The molecule has 1 aliphatic carbocycles. The van der Waals surface area contributed by atoms with Gasteiger partial charge in [-0.2, -0.15) is 16.5 Å². The van der Waals surface area contributed by atoms with E-state index < -0.39 is 21.5 Å². The number of nitrogens with one attached hydrogen (secondary N) is 1. The molecule has 1 unspecified atom stereocenters. The Morgan fingerprint density at radius 3 is 2.61 bits per heavy atom. The maximum Gasteiger partial charge on any atom is 0.325 e. The summed E-state index contributed by atoms with van der Waals surface area (Å²) < 4.78 is 26.3. The Balaban J connectivity index is 1.94.